The van der Waals surface area contributed by atoms with Crippen molar-refractivity contribution < 1.29 is 27.4 Å². The summed E-state index contributed by atoms with van der Waals surface area (Å²) in [7, 11) is -4.27. The van der Waals surface area contributed by atoms with Crippen LogP contribution >= 0.6 is 0 Å². The molecule has 2 heterocycles. The number of nitrogens with one attached hydrogen (secondary N) is 1. The minimum Gasteiger partial charge on any atom is -0.507 e. The number of carbonyl (C=O) groups is 1. The molecule has 0 unspecified atom stereocenters. The highest BCUT2D eigenvalue weighted by Crippen LogP contribution is 2.28. The van der Waals surface area contributed by atoms with E-state index in [9.17, 15) is 28.0 Å². The van der Waals surface area contributed by atoms with Gasteiger partial charge >= 0.3 is 5.97 Å². The predicted octanol–water partition coefficient (Wildman–Crippen LogP) is 2.89. The number of esters is 1. The van der Waals surface area contributed by atoms with E-state index in [4.69, 9.17) is 4.74 Å². The molecule has 1 atom stereocenters. The normalized spacial score (nSPS) is 17.5. The molecule has 0 radical (unpaired) electrons. The molecule has 0 bridgehead atoms. The molecule has 1 fully saturated rings. The number of allylic oxidation sites excluding steroid dienone is 1. The number of aromatic amines is 1. The number of fused-ring (bicyclic) bond motifs is 1. The van der Waals surface area contributed by atoms with Crippen LogP contribution in [0.3, 0.4) is 0 Å². The van der Waals surface area contributed by atoms with Crippen LogP contribution < -0.4 is 0 Å². The van der Waals surface area contributed by atoms with Gasteiger partial charge in [-0.15, -0.1) is 0 Å². The van der Waals surface area contributed by atoms with Crippen LogP contribution in [0, 0.1) is 17.1 Å². The van der Waals surface area contributed by atoms with Gasteiger partial charge in [0, 0.05) is 6.54 Å². The van der Waals surface area contributed by atoms with Crippen LogP contribution in [0.5, 0.6) is 0 Å². The van der Waals surface area contributed by atoms with E-state index in [1.165, 1.54) is 12.1 Å². The Balaban J connectivity index is 1.51. The minimum absolute atomic E-state index is 0.0285. The first-order valence-electron chi connectivity index (χ1n) is 10.0. The molecule has 0 saturated carbocycles. The lowest BCUT2D eigenvalue weighted by Crippen LogP contribution is -2.41. The third-order valence-corrected chi connectivity index (χ3v) is 7.22. The first-order chi connectivity index (χ1) is 15.8. The molecule has 11 heteroatoms. The second-order valence-electron chi connectivity index (χ2n) is 7.35. The molecule has 0 amide bonds. The van der Waals surface area contributed by atoms with Crippen molar-refractivity contribution in [3.05, 3.63) is 65.9 Å². The third kappa shape index (κ3) is 4.30. The van der Waals surface area contributed by atoms with E-state index in [1.807, 2.05) is 6.07 Å². The zero-order valence-corrected chi connectivity index (χ0v) is 18.0. The average Bonchev–Trinajstić information content (AvgIpc) is 3.46. The second-order valence-corrected chi connectivity index (χ2v) is 9.21. The lowest BCUT2D eigenvalue weighted by atomic mass is 10.2. The number of ether oxygens (including phenoxy) is 1. The Morgan fingerprint density at radius 1 is 1.27 bits per heavy atom. The summed E-state index contributed by atoms with van der Waals surface area (Å²) in [5, 5.41) is 19.8. The van der Waals surface area contributed by atoms with E-state index in [-0.39, 0.29) is 24.4 Å². The Morgan fingerprint density at radius 3 is 2.73 bits per heavy atom. The van der Waals surface area contributed by atoms with Crippen molar-refractivity contribution in [1.29, 1.82) is 5.26 Å². The molecule has 1 aliphatic rings. The quantitative estimate of drug-likeness (QED) is 0.321. The highest BCUT2D eigenvalue weighted by atomic mass is 32.2. The number of hydrogen-bond donors (Lipinski definition) is 2. The third-order valence-electron chi connectivity index (χ3n) is 5.28. The van der Waals surface area contributed by atoms with Crippen molar-refractivity contribution in [3.63, 3.8) is 0 Å². The second kappa shape index (κ2) is 9.01. The number of nitriles is 1. The Kier molecular flexibility index (Phi) is 6.13. The van der Waals surface area contributed by atoms with Gasteiger partial charge < -0.3 is 14.8 Å². The van der Waals surface area contributed by atoms with E-state index >= 15 is 0 Å². The van der Waals surface area contributed by atoms with E-state index in [0.717, 1.165) is 16.4 Å². The van der Waals surface area contributed by atoms with E-state index in [0.29, 0.717) is 17.5 Å². The standard InChI is InChI=1S/C22H19FN4O5S/c23-15-6-1-4-10-20(15)33(30,31)27-11-5-9-18(27)22(29)32-13-19(28)14(12-24)21-25-16-7-2-3-8-17(16)26-21/h1-4,6-8,10,18,28H,5,9,11,13H2,(H,25,26)/t18-/m0/s1. The lowest BCUT2D eigenvalue weighted by Gasteiger charge is -2.23. The zero-order valence-electron chi connectivity index (χ0n) is 17.2. The number of carbonyl (C=O) groups excluding carboxylic acids is 1. The number of hydrogen-bond acceptors (Lipinski definition) is 7. The number of rotatable bonds is 6. The number of H-pyrrole nitrogens is 1. The summed E-state index contributed by atoms with van der Waals surface area (Å²) in [6.45, 7) is -0.621. The summed E-state index contributed by atoms with van der Waals surface area (Å²) in [4.78, 5) is 19.3. The molecular formula is C22H19FN4O5S. The van der Waals surface area contributed by atoms with E-state index in [1.54, 1.807) is 24.3 Å². The molecule has 3 aromatic rings. The molecular weight excluding hydrogens is 451 g/mol. The van der Waals surface area contributed by atoms with Crippen LogP contribution in [0.4, 0.5) is 4.39 Å². The van der Waals surface area contributed by atoms with Gasteiger partial charge in [-0.3, -0.25) is 4.79 Å². The molecule has 4 rings (SSSR count). The van der Waals surface area contributed by atoms with Crippen LogP contribution in [0.1, 0.15) is 18.7 Å². The summed E-state index contributed by atoms with van der Waals surface area (Å²) in [6, 6.07) is 12.6. The number of para-hydroxylation sites is 2. The molecule has 33 heavy (non-hydrogen) atoms. The number of halogens is 1. The van der Waals surface area contributed by atoms with Crippen molar-refractivity contribution in [2.45, 2.75) is 23.8 Å². The SMILES string of the molecule is N#CC(=C(O)COC(=O)[C@@H]1CCCN1S(=O)(=O)c1ccccc1F)c1nc2ccccc2[nH]1. The first-order valence-corrected chi connectivity index (χ1v) is 11.5. The number of imidazole rings is 1. The molecule has 0 spiro atoms. The first kappa shape index (κ1) is 22.4. The van der Waals surface area contributed by atoms with Crippen molar-refractivity contribution in [2.75, 3.05) is 13.2 Å². The number of aromatic nitrogens is 2. The van der Waals surface area contributed by atoms with Gasteiger partial charge in [0.1, 0.15) is 35.0 Å². The van der Waals surface area contributed by atoms with Crippen molar-refractivity contribution in [3.8, 4) is 6.07 Å². The van der Waals surface area contributed by atoms with Crippen molar-refractivity contribution in [1.82, 2.24) is 14.3 Å². The van der Waals surface area contributed by atoms with Gasteiger partial charge in [-0.1, -0.05) is 24.3 Å². The van der Waals surface area contributed by atoms with Crippen molar-refractivity contribution >= 4 is 32.6 Å². The topological polar surface area (TPSA) is 136 Å². The summed E-state index contributed by atoms with van der Waals surface area (Å²) in [5.41, 5.74) is 1.04. The molecule has 2 aromatic carbocycles. The number of aliphatic hydroxyl groups excluding tert-OH is 1. The zero-order chi connectivity index (χ0) is 23.6. The van der Waals surface area contributed by atoms with Crippen LogP contribution in [0.25, 0.3) is 16.6 Å². The fourth-order valence-corrected chi connectivity index (χ4v) is 5.39. The Bertz CT molecular complexity index is 1360. The summed E-state index contributed by atoms with van der Waals surface area (Å²) in [6.07, 6.45) is 0.573. The van der Waals surface area contributed by atoms with Gasteiger partial charge in [-0.05, 0) is 37.1 Å². The Morgan fingerprint density at radius 2 is 2.00 bits per heavy atom. The van der Waals surface area contributed by atoms with Gasteiger partial charge in [0.25, 0.3) is 0 Å². The molecule has 170 valence electrons. The lowest BCUT2D eigenvalue weighted by molar-refractivity contribution is -0.147. The van der Waals surface area contributed by atoms with Crippen LogP contribution in [-0.2, 0) is 19.6 Å². The van der Waals surface area contributed by atoms with Gasteiger partial charge in [0.2, 0.25) is 10.0 Å². The Hall–Kier alpha value is -3.75. The fraction of sp³-hybridized carbons (Fsp3) is 0.227. The largest absolute Gasteiger partial charge is 0.507 e. The number of nitrogens with zero attached hydrogens (tertiary/aromatic N) is 3. The summed E-state index contributed by atoms with van der Waals surface area (Å²) >= 11 is 0. The Labute approximate surface area is 188 Å². The maximum absolute atomic E-state index is 14.1. The van der Waals surface area contributed by atoms with Gasteiger partial charge in [-0.25, -0.2) is 17.8 Å². The number of benzene rings is 2. The van der Waals surface area contributed by atoms with Gasteiger partial charge in [-0.2, -0.15) is 9.57 Å². The number of sulfonamides is 1. The number of aliphatic hydroxyl groups is 1. The highest BCUT2D eigenvalue weighted by Gasteiger charge is 2.41. The predicted molar refractivity (Wildman–Crippen MR) is 116 cm³/mol. The maximum Gasteiger partial charge on any atom is 0.324 e. The van der Waals surface area contributed by atoms with Crippen LogP contribution in [0.2, 0.25) is 0 Å². The maximum atomic E-state index is 14.1. The summed E-state index contributed by atoms with van der Waals surface area (Å²) < 4.78 is 45.9. The highest BCUT2D eigenvalue weighted by molar-refractivity contribution is 7.89. The van der Waals surface area contributed by atoms with Gasteiger partial charge in [0.05, 0.1) is 11.0 Å². The smallest absolute Gasteiger partial charge is 0.324 e. The van der Waals surface area contributed by atoms with Crippen molar-refractivity contribution in [2.24, 2.45) is 0 Å². The van der Waals surface area contributed by atoms with Crippen LogP contribution in [-0.4, -0.2) is 53.0 Å². The molecule has 1 saturated heterocycles. The summed E-state index contributed by atoms with van der Waals surface area (Å²) in [5.74, 6) is -2.24. The molecule has 2 N–H and O–H groups in total. The van der Waals surface area contributed by atoms with E-state index < -0.39 is 45.1 Å². The molecule has 0 aliphatic carbocycles. The molecule has 9 nitrogen and oxygen atoms in total. The minimum atomic E-state index is -4.27. The molecule has 1 aromatic heterocycles. The van der Waals surface area contributed by atoms with Crippen LogP contribution in [0.15, 0.2) is 59.2 Å². The fourth-order valence-electron chi connectivity index (χ4n) is 3.68. The monoisotopic (exact) mass is 470 g/mol. The molecule has 1 aliphatic heterocycles. The van der Waals surface area contributed by atoms with Gasteiger partial charge in [0.15, 0.2) is 11.6 Å². The van der Waals surface area contributed by atoms with E-state index in [2.05, 4.69) is 9.97 Å². The average molecular weight is 470 g/mol.